The number of methoxy groups -OCH3 is 1. The number of piperidine rings is 1. The van der Waals surface area contributed by atoms with Crippen LogP contribution in [0.1, 0.15) is 39.0 Å². The Labute approximate surface area is 126 Å². The van der Waals surface area contributed by atoms with Crippen LogP contribution in [0.2, 0.25) is 0 Å². The Morgan fingerprint density at radius 1 is 1.24 bits per heavy atom. The van der Waals surface area contributed by atoms with E-state index < -0.39 is 11.4 Å². The van der Waals surface area contributed by atoms with E-state index in [1.165, 1.54) is 0 Å². The van der Waals surface area contributed by atoms with Crippen molar-refractivity contribution in [2.45, 2.75) is 45.1 Å². The number of aliphatic carboxylic acids is 1. The average Bonchev–Trinajstić information content (AvgIpc) is 2.96. The number of ether oxygens (including phenoxy) is 1. The van der Waals surface area contributed by atoms with Crippen LogP contribution in [0.15, 0.2) is 0 Å². The van der Waals surface area contributed by atoms with Crippen molar-refractivity contribution in [3.05, 3.63) is 0 Å². The number of likely N-dealkylation sites (tertiary alicyclic amines) is 2. The van der Waals surface area contributed by atoms with Gasteiger partial charge in [-0.3, -0.25) is 4.79 Å². The van der Waals surface area contributed by atoms with E-state index in [-0.39, 0.29) is 12.1 Å². The van der Waals surface area contributed by atoms with Crippen LogP contribution in [0.4, 0.5) is 4.79 Å². The molecule has 120 valence electrons. The monoisotopic (exact) mass is 298 g/mol. The lowest BCUT2D eigenvalue weighted by atomic mass is 9.75. The first kappa shape index (κ1) is 16.1. The molecule has 2 heterocycles. The van der Waals surface area contributed by atoms with Gasteiger partial charge in [-0.2, -0.15) is 0 Å². The van der Waals surface area contributed by atoms with Gasteiger partial charge in [0.15, 0.2) is 0 Å². The van der Waals surface area contributed by atoms with Crippen molar-refractivity contribution in [3.8, 4) is 0 Å². The Morgan fingerprint density at radius 2 is 1.90 bits per heavy atom. The first-order valence-corrected chi connectivity index (χ1v) is 7.82. The van der Waals surface area contributed by atoms with Crippen LogP contribution in [0, 0.1) is 5.41 Å². The fourth-order valence-corrected chi connectivity index (χ4v) is 3.47. The lowest BCUT2D eigenvalue weighted by molar-refractivity contribution is -0.152. The Bertz CT molecular complexity index is 391. The molecule has 2 fully saturated rings. The van der Waals surface area contributed by atoms with E-state index in [1.54, 1.807) is 12.0 Å². The first-order chi connectivity index (χ1) is 10.0. The molecular weight excluding hydrogens is 272 g/mol. The molecule has 2 rings (SSSR count). The zero-order chi connectivity index (χ0) is 15.5. The lowest BCUT2D eigenvalue weighted by Gasteiger charge is -2.40. The number of nitrogens with zero attached hydrogens (tertiary/aromatic N) is 2. The first-order valence-electron chi connectivity index (χ1n) is 7.82. The number of hydrogen-bond donors (Lipinski definition) is 1. The van der Waals surface area contributed by atoms with E-state index >= 15 is 0 Å². The van der Waals surface area contributed by atoms with Crippen molar-refractivity contribution in [3.63, 3.8) is 0 Å². The number of hydrogen-bond acceptors (Lipinski definition) is 3. The van der Waals surface area contributed by atoms with Gasteiger partial charge in [0.25, 0.3) is 0 Å². The highest BCUT2D eigenvalue weighted by Gasteiger charge is 2.42. The van der Waals surface area contributed by atoms with E-state index in [0.717, 1.165) is 19.4 Å². The standard InChI is InChI=1S/C15H26N2O4/c1-3-5-15(13(18)19)6-9-16(10-7-15)14(20)17-8-4-12(11-17)21-2/h12H,3-11H2,1-2H3,(H,18,19). The van der Waals surface area contributed by atoms with Crippen LogP contribution in [-0.4, -0.2) is 66.3 Å². The summed E-state index contributed by atoms with van der Waals surface area (Å²) in [5, 5.41) is 9.49. The molecule has 1 atom stereocenters. The van der Waals surface area contributed by atoms with Gasteiger partial charge in [0.1, 0.15) is 0 Å². The van der Waals surface area contributed by atoms with Crippen LogP contribution >= 0.6 is 0 Å². The maximum atomic E-state index is 12.4. The van der Waals surface area contributed by atoms with Gasteiger partial charge in [0.2, 0.25) is 0 Å². The van der Waals surface area contributed by atoms with Gasteiger partial charge in [-0.15, -0.1) is 0 Å². The maximum absolute atomic E-state index is 12.4. The largest absolute Gasteiger partial charge is 0.481 e. The predicted molar refractivity (Wildman–Crippen MR) is 78.2 cm³/mol. The summed E-state index contributed by atoms with van der Waals surface area (Å²) in [6, 6.07) is 0.0324. The highest BCUT2D eigenvalue weighted by Crippen LogP contribution is 2.36. The number of urea groups is 1. The molecule has 0 bridgehead atoms. The van der Waals surface area contributed by atoms with Crippen molar-refractivity contribution in [2.75, 3.05) is 33.3 Å². The molecule has 0 spiro atoms. The third kappa shape index (κ3) is 3.31. The van der Waals surface area contributed by atoms with E-state index in [4.69, 9.17) is 4.74 Å². The zero-order valence-electron chi connectivity index (χ0n) is 13.0. The number of rotatable bonds is 4. The van der Waals surface area contributed by atoms with Gasteiger partial charge >= 0.3 is 12.0 Å². The van der Waals surface area contributed by atoms with Gasteiger partial charge in [-0.1, -0.05) is 13.3 Å². The summed E-state index contributed by atoms with van der Waals surface area (Å²) in [7, 11) is 1.67. The van der Waals surface area contributed by atoms with Crippen molar-refractivity contribution < 1.29 is 19.4 Å². The third-order valence-corrected chi connectivity index (χ3v) is 4.92. The van der Waals surface area contributed by atoms with Crippen LogP contribution in [0.3, 0.4) is 0 Å². The molecule has 21 heavy (non-hydrogen) atoms. The Morgan fingerprint density at radius 3 is 2.38 bits per heavy atom. The fraction of sp³-hybridized carbons (Fsp3) is 0.867. The molecule has 2 aliphatic heterocycles. The zero-order valence-corrected chi connectivity index (χ0v) is 13.0. The second-order valence-corrected chi connectivity index (χ2v) is 6.20. The number of carbonyl (C=O) groups is 2. The minimum absolute atomic E-state index is 0.0324. The minimum atomic E-state index is -0.711. The number of amides is 2. The summed E-state index contributed by atoms with van der Waals surface area (Å²) >= 11 is 0. The summed E-state index contributed by atoms with van der Waals surface area (Å²) in [4.78, 5) is 27.6. The second kappa shape index (κ2) is 6.64. The summed E-state index contributed by atoms with van der Waals surface area (Å²) in [6.07, 6.45) is 3.69. The summed E-state index contributed by atoms with van der Waals surface area (Å²) in [6.45, 7) is 4.47. The molecule has 2 amide bonds. The van der Waals surface area contributed by atoms with E-state index in [1.807, 2.05) is 11.8 Å². The van der Waals surface area contributed by atoms with Gasteiger partial charge in [0, 0.05) is 33.3 Å². The number of carbonyl (C=O) groups excluding carboxylic acids is 1. The number of carboxylic acids is 1. The SMILES string of the molecule is CCCC1(C(=O)O)CCN(C(=O)N2CCC(OC)C2)CC1. The fourth-order valence-electron chi connectivity index (χ4n) is 3.47. The van der Waals surface area contributed by atoms with Gasteiger partial charge in [-0.25, -0.2) is 4.79 Å². The van der Waals surface area contributed by atoms with Crippen LogP contribution in [-0.2, 0) is 9.53 Å². The topological polar surface area (TPSA) is 70.1 Å². The van der Waals surface area contributed by atoms with Crippen molar-refractivity contribution in [2.24, 2.45) is 5.41 Å². The molecule has 0 aliphatic carbocycles. The van der Waals surface area contributed by atoms with Crippen LogP contribution in [0.25, 0.3) is 0 Å². The van der Waals surface area contributed by atoms with Crippen molar-refractivity contribution in [1.82, 2.24) is 9.80 Å². The lowest BCUT2D eigenvalue weighted by Crippen LogP contribution is -2.50. The molecule has 0 aromatic carbocycles. The molecule has 6 nitrogen and oxygen atoms in total. The molecule has 0 aromatic rings. The normalized spacial score (nSPS) is 25.1. The predicted octanol–water partition coefficient (Wildman–Crippen LogP) is 1.79. The molecular formula is C15H26N2O4. The Kier molecular flexibility index (Phi) is 5.08. The molecule has 2 saturated heterocycles. The van der Waals surface area contributed by atoms with Crippen molar-refractivity contribution >= 4 is 12.0 Å². The van der Waals surface area contributed by atoms with Gasteiger partial charge in [-0.05, 0) is 25.7 Å². The van der Waals surface area contributed by atoms with Gasteiger partial charge < -0.3 is 19.6 Å². The van der Waals surface area contributed by atoms with E-state index in [2.05, 4.69) is 0 Å². The molecule has 1 N–H and O–H groups in total. The summed E-state index contributed by atoms with van der Waals surface area (Å²) in [5.74, 6) is -0.711. The van der Waals surface area contributed by atoms with Gasteiger partial charge in [0.05, 0.1) is 11.5 Å². The third-order valence-electron chi connectivity index (χ3n) is 4.92. The number of carboxylic acid groups (broad SMARTS) is 1. The Hall–Kier alpha value is -1.30. The second-order valence-electron chi connectivity index (χ2n) is 6.20. The smallest absolute Gasteiger partial charge is 0.320 e. The highest BCUT2D eigenvalue weighted by molar-refractivity contribution is 5.77. The average molecular weight is 298 g/mol. The quantitative estimate of drug-likeness (QED) is 0.859. The maximum Gasteiger partial charge on any atom is 0.320 e. The molecule has 2 aliphatic rings. The highest BCUT2D eigenvalue weighted by atomic mass is 16.5. The minimum Gasteiger partial charge on any atom is -0.481 e. The van der Waals surface area contributed by atoms with E-state index in [0.29, 0.717) is 38.9 Å². The molecule has 1 unspecified atom stereocenters. The van der Waals surface area contributed by atoms with Crippen molar-refractivity contribution in [1.29, 1.82) is 0 Å². The van der Waals surface area contributed by atoms with Crippen LogP contribution in [0.5, 0.6) is 0 Å². The molecule has 0 radical (unpaired) electrons. The Balaban J connectivity index is 1.91. The molecule has 0 aromatic heterocycles. The summed E-state index contributed by atoms with van der Waals surface area (Å²) < 4.78 is 5.29. The molecule has 6 heteroatoms. The molecule has 0 saturated carbocycles. The summed E-state index contributed by atoms with van der Waals surface area (Å²) in [5.41, 5.74) is -0.633. The van der Waals surface area contributed by atoms with E-state index in [9.17, 15) is 14.7 Å². The van der Waals surface area contributed by atoms with Crippen LogP contribution < -0.4 is 0 Å².